The van der Waals surface area contributed by atoms with Gasteiger partial charge in [0.15, 0.2) is 0 Å². The van der Waals surface area contributed by atoms with Gasteiger partial charge < -0.3 is 20.1 Å². The molecule has 180 valence electrons. The third-order valence-corrected chi connectivity index (χ3v) is 6.77. The van der Waals surface area contributed by atoms with Crippen LogP contribution in [0.5, 0.6) is 0 Å². The van der Waals surface area contributed by atoms with E-state index in [9.17, 15) is 14.4 Å². The molecule has 2 amide bonds. The number of carbonyl (C=O) groups is 3. The van der Waals surface area contributed by atoms with Crippen LogP contribution in [-0.4, -0.2) is 53.6 Å². The highest BCUT2D eigenvalue weighted by atomic mass is 35.5. The summed E-state index contributed by atoms with van der Waals surface area (Å²) in [6.45, 7) is 4.46. The van der Waals surface area contributed by atoms with Gasteiger partial charge in [-0.1, -0.05) is 43.5 Å². The Morgan fingerprint density at radius 2 is 1.82 bits per heavy atom. The Bertz CT molecular complexity index is 872. The zero-order chi connectivity index (χ0) is 24.0. The fourth-order valence-corrected chi connectivity index (χ4v) is 5.05. The van der Waals surface area contributed by atoms with Gasteiger partial charge in [-0.05, 0) is 49.9 Å². The summed E-state index contributed by atoms with van der Waals surface area (Å²) in [5, 5.41) is 12.5. The van der Waals surface area contributed by atoms with E-state index in [-0.39, 0.29) is 36.9 Å². The fourth-order valence-electron chi connectivity index (χ4n) is 4.93. The lowest BCUT2D eigenvalue weighted by Gasteiger charge is -2.32. The molecule has 0 spiro atoms. The van der Waals surface area contributed by atoms with Crippen molar-refractivity contribution in [2.24, 2.45) is 23.7 Å². The van der Waals surface area contributed by atoms with E-state index >= 15 is 0 Å². The maximum absolute atomic E-state index is 13.6. The van der Waals surface area contributed by atoms with Crippen molar-refractivity contribution < 1.29 is 24.2 Å². The molecule has 0 aromatic heterocycles. The molecule has 2 aliphatic rings. The van der Waals surface area contributed by atoms with Crippen LogP contribution in [0.4, 0.5) is 5.69 Å². The first-order chi connectivity index (χ1) is 15.9. The van der Waals surface area contributed by atoms with Crippen molar-refractivity contribution in [1.82, 2.24) is 4.90 Å². The minimum absolute atomic E-state index is 0.142. The van der Waals surface area contributed by atoms with E-state index in [1.807, 2.05) is 19.1 Å². The van der Waals surface area contributed by atoms with Crippen molar-refractivity contribution in [3.05, 3.63) is 41.4 Å². The molecule has 3 rings (SSSR count). The number of aliphatic hydroxyl groups excluding tert-OH is 1. The highest BCUT2D eigenvalue weighted by Crippen LogP contribution is 2.44. The summed E-state index contributed by atoms with van der Waals surface area (Å²) in [5.74, 6) is -2.64. The molecule has 0 unspecified atom stereocenters. The molecule has 2 N–H and O–H groups in total. The number of likely N-dealkylation sites (tertiary alicyclic amines) is 1. The maximum Gasteiger partial charge on any atom is 0.310 e. The minimum Gasteiger partial charge on any atom is -0.466 e. The first kappa shape index (κ1) is 25.2. The summed E-state index contributed by atoms with van der Waals surface area (Å²) in [6, 6.07) is 6.11. The van der Waals surface area contributed by atoms with Crippen LogP contribution in [0.15, 0.2) is 36.4 Å². The number of benzene rings is 1. The van der Waals surface area contributed by atoms with Gasteiger partial charge in [0.2, 0.25) is 11.8 Å². The third kappa shape index (κ3) is 5.76. The number of allylic oxidation sites excluding steroid dienone is 1. The quantitative estimate of drug-likeness (QED) is 0.305. The molecular formula is C25H33ClN2O5. The molecule has 5 atom stereocenters. The number of unbranched alkanes of at least 4 members (excludes halogenated alkanes) is 3. The number of rotatable bonds is 10. The molecule has 1 aromatic carbocycles. The van der Waals surface area contributed by atoms with Crippen molar-refractivity contribution >= 4 is 35.1 Å². The first-order valence-corrected chi connectivity index (χ1v) is 12.1. The van der Waals surface area contributed by atoms with E-state index < -0.39 is 23.8 Å². The normalized spacial score (nSPS) is 26.2. The summed E-state index contributed by atoms with van der Waals surface area (Å²) in [5.41, 5.74) is 0.596. The number of hydrogen-bond acceptors (Lipinski definition) is 5. The van der Waals surface area contributed by atoms with E-state index in [2.05, 4.69) is 5.32 Å². The van der Waals surface area contributed by atoms with E-state index in [4.69, 9.17) is 21.4 Å². The van der Waals surface area contributed by atoms with Crippen molar-refractivity contribution in [2.75, 3.05) is 25.1 Å². The predicted octanol–water partition coefficient (Wildman–Crippen LogP) is 3.66. The number of anilines is 1. The molecule has 1 heterocycles. The Morgan fingerprint density at radius 1 is 1.12 bits per heavy atom. The van der Waals surface area contributed by atoms with Gasteiger partial charge >= 0.3 is 5.97 Å². The average molecular weight is 477 g/mol. The van der Waals surface area contributed by atoms with Gasteiger partial charge in [-0.15, -0.1) is 0 Å². The number of ether oxygens (including phenoxy) is 1. The first-order valence-electron chi connectivity index (χ1n) is 11.7. The molecule has 1 aliphatic heterocycles. The lowest BCUT2D eigenvalue weighted by molar-refractivity contribution is -0.155. The molecule has 0 radical (unpaired) electrons. The van der Waals surface area contributed by atoms with Gasteiger partial charge in [0.25, 0.3) is 0 Å². The van der Waals surface area contributed by atoms with Crippen LogP contribution in [0.2, 0.25) is 5.02 Å². The van der Waals surface area contributed by atoms with E-state index in [0.29, 0.717) is 23.7 Å². The summed E-state index contributed by atoms with van der Waals surface area (Å²) >= 11 is 5.95. The zero-order valence-electron chi connectivity index (χ0n) is 19.2. The minimum atomic E-state index is -0.711. The smallest absolute Gasteiger partial charge is 0.310 e. The summed E-state index contributed by atoms with van der Waals surface area (Å²) in [6.07, 6.45) is 6.97. The monoisotopic (exact) mass is 476 g/mol. The fraction of sp³-hybridized carbons (Fsp3) is 0.560. The van der Waals surface area contributed by atoms with E-state index in [1.54, 1.807) is 36.1 Å². The molecule has 0 bridgehead atoms. The molecule has 1 fully saturated rings. The summed E-state index contributed by atoms with van der Waals surface area (Å²) in [4.78, 5) is 41.4. The Morgan fingerprint density at radius 3 is 2.48 bits per heavy atom. The topological polar surface area (TPSA) is 95.9 Å². The Labute approximate surface area is 200 Å². The molecule has 1 aromatic rings. The number of carbonyl (C=O) groups excluding carboxylic acids is 3. The molecular weight excluding hydrogens is 444 g/mol. The second kappa shape index (κ2) is 11.7. The van der Waals surface area contributed by atoms with Crippen LogP contribution < -0.4 is 5.32 Å². The summed E-state index contributed by atoms with van der Waals surface area (Å²) in [7, 11) is 0. The Hall–Kier alpha value is -2.38. The van der Waals surface area contributed by atoms with Crippen molar-refractivity contribution in [3.63, 3.8) is 0 Å². The highest BCUT2D eigenvalue weighted by Gasteiger charge is 2.56. The van der Waals surface area contributed by atoms with Crippen LogP contribution in [0, 0.1) is 23.7 Å². The highest BCUT2D eigenvalue weighted by molar-refractivity contribution is 6.30. The third-order valence-electron chi connectivity index (χ3n) is 6.52. The molecule has 1 aliphatic carbocycles. The summed E-state index contributed by atoms with van der Waals surface area (Å²) < 4.78 is 5.29. The number of halogens is 1. The van der Waals surface area contributed by atoms with Gasteiger partial charge in [0.1, 0.15) is 6.04 Å². The molecule has 33 heavy (non-hydrogen) atoms. The van der Waals surface area contributed by atoms with Crippen LogP contribution >= 0.6 is 11.6 Å². The number of nitrogens with zero attached hydrogens (tertiary/aromatic N) is 1. The number of esters is 1. The maximum atomic E-state index is 13.6. The van der Waals surface area contributed by atoms with Crippen LogP contribution in [-0.2, 0) is 19.1 Å². The number of amides is 2. The number of nitrogens with one attached hydrogen (secondary N) is 1. The van der Waals surface area contributed by atoms with Crippen LogP contribution in [0.25, 0.3) is 0 Å². The molecule has 7 nitrogen and oxygen atoms in total. The molecule has 1 saturated heterocycles. The lowest BCUT2D eigenvalue weighted by atomic mass is 9.70. The number of aliphatic hydroxyl groups is 1. The second-order valence-electron chi connectivity index (χ2n) is 8.74. The van der Waals surface area contributed by atoms with Crippen LogP contribution in [0.1, 0.15) is 39.5 Å². The Balaban J connectivity index is 1.86. The van der Waals surface area contributed by atoms with Crippen molar-refractivity contribution in [2.45, 2.75) is 45.6 Å². The van der Waals surface area contributed by atoms with E-state index in [1.165, 1.54) is 0 Å². The van der Waals surface area contributed by atoms with Gasteiger partial charge in [0.05, 0.1) is 18.4 Å². The Kier molecular flexibility index (Phi) is 8.92. The second-order valence-corrected chi connectivity index (χ2v) is 9.17. The SMILES string of the molecule is CCOC(=O)[C@H]1[C@H]2C(=O)N(CCCCCCO)[C@H](C(=O)Nc3ccc(Cl)cc3)[C@H]2C=C[C@H]1C. The van der Waals surface area contributed by atoms with E-state index in [0.717, 1.165) is 19.3 Å². The number of fused-ring (bicyclic) bond motifs is 1. The standard InChI is InChI=1S/C25H33ClN2O5/c1-3-33-25(32)20-16(2)8-13-19-21(20)24(31)28(14-6-4-5-7-15-29)22(19)23(30)27-18-11-9-17(26)10-12-18/h8-13,16,19-22,29H,3-7,14-15H2,1-2H3,(H,27,30)/t16-,19+,20-,21+,22+/m1/s1. The average Bonchev–Trinajstić information content (AvgIpc) is 3.07. The van der Waals surface area contributed by atoms with Gasteiger partial charge in [-0.25, -0.2) is 0 Å². The molecule has 0 saturated carbocycles. The van der Waals surface area contributed by atoms with Crippen LogP contribution in [0.3, 0.4) is 0 Å². The van der Waals surface area contributed by atoms with Gasteiger partial charge in [-0.3, -0.25) is 14.4 Å². The number of hydrogen-bond donors (Lipinski definition) is 2. The van der Waals surface area contributed by atoms with Crippen molar-refractivity contribution in [3.8, 4) is 0 Å². The van der Waals surface area contributed by atoms with Gasteiger partial charge in [0, 0.05) is 29.8 Å². The lowest BCUT2D eigenvalue weighted by Crippen LogP contribution is -2.44. The zero-order valence-corrected chi connectivity index (χ0v) is 20.0. The molecule has 8 heteroatoms. The predicted molar refractivity (Wildman–Crippen MR) is 127 cm³/mol. The van der Waals surface area contributed by atoms with Crippen molar-refractivity contribution in [1.29, 1.82) is 0 Å². The largest absolute Gasteiger partial charge is 0.466 e. The van der Waals surface area contributed by atoms with Gasteiger partial charge in [-0.2, -0.15) is 0 Å².